The van der Waals surface area contributed by atoms with Crippen LogP contribution in [0.1, 0.15) is 72.7 Å². The molecule has 2 heterocycles. The molecule has 1 amide bonds. The molecule has 0 aliphatic carbocycles. The van der Waals surface area contributed by atoms with Crippen molar-refractivity contribution in [1.29, 1.82) is 0 Å². The highest BCUT2D eigenvalue weighted by Gasteiger charge is 2.21. The minimum absolute atomic E-state index is 0.114. The predicted octanol–water partition coefficient (Wildman–Crippen LogP) is 4.32. The van der Waals surface area contributed by atoms with Gasteiger partial charge < -0.3 is 5.32 Å². The number of hydrogen-bond acceptors (Lipinski definition) is 3. The zero-order valence-corrected chi connectivity index (χ0v) is 17.5. The summed E-state index contributed by atoms with van der Waals surface area (Å²) in [6.07, 6.45) is 1.84. The zero-order valence-electron chi connectivity index (χ0n) is 17.5. The van der Waals surface area contributed by atoms with Crippen molar-refractivity contribution in [2.24, 2.45) is 0 Å². The minimum Gasteiger partial charge on any atom is -0.344 e. The molecule has 1 atom stereocenters. The van der Waals surface area contributed by atoms with Gasteiger partial charge in [0.2, 0.25) is 0 Å². The molecule has 1 N–H and O–H groups in total. The van der Waals surface area contributed by atoms with Crippen LogP contribution in [0.25, 0.3) is 5.69 Å². The number of hydrogen-bond donors (Lipinski definition) is 1. The van der Waals surface area contributed by atoms with Gasteiger partial charge in [-0.2, -0.15) is 10.2 Å². The van der Waals surface area contributed by atoms with E-state index in [1.54, 1.807) is 4.68 Å². The second kappa shape index (κ2) is 8.00. The van der Waals surface area contributed by atoms with Crippen LogP contribution in [0, 0.1) is 13.8 Å². The van der Waals surface area contributed by atoms with Crippen LogP contribution in [0.15, 0.2) is 36.5 Å². The first-order chi connectivity index (χ1) is 13.3. The van der Waals surface area contributed by atoms with Crippen LogP contribution in [0.5, 0.6) is 0 Å². The molecule has 6 heteroatoms. The van der Waals surface area contributed by atoms with Crippen molar-refractivity contribution in [1.82, 2.24) is 24.9 Å². The fourth-order valence-electron chi connectivity index (χ4n) is 3.38. The highest BCUT2D eigenvalue weighted by Crippen LogP contribution is 2.22. The molecular weight excluding hydrogens is 350 g/mol. The summed E-state index contributed by atoms with van der Waals surface area (Å²) in [6, 6.07) is 9.87. The van der Waals surface area contributed by atoms with Crippen molar-refractivity contribution in [2.75, 3.05) is 0 Å². The molecule has 1 aromatic carbocycles. The molecule has 0 radical (unpaired) electrons. The first-order valence-corrected chi connectivity index (χ1v) is 9.82. The Kier molecular flexibility index (Phi) is 5.68. The van der Waals surface area contributed by atoms with E-state index in [2.05, 4.69) is 48.4 Å². The Morgan fingerprint density at radius 3 is 2.54 bits per heavy atom. The van der Waals surface area contributed by atoms with Crippen molar-refractivity contribution >= 4 is 5.91 Å². The van der Waals surface area contributed by atoms with E-state index in [0.29, 0.717) is 12.2 Å². The third-order valence-corrected chi connectivity index (χ3v) is 5.13. The van der Waals surface area contributed by atoms with Crippen molar-refractivity contribution in [3.8, 4) is 5.69 Å². The standard InChI is InChI=1S/C22H29N5O/c1-7-26-21(12-19(25-26)14(2)3)22(28)24-16(5)18-13-23-27(17(18)6)20-11-9-8-10-15(20)4/h8-14,16H,7H2,1-6H3,(H,24,28)/t16-/m1/s1. The van der Waals surface area contributed by atoms with E-state index < -0.39 is 0 Å². The fraction of sp³-hybridized carbons (Fsp3) is 0.409. The van der Waals surface area contributed by atoms with E-state index in [0.717, 1.165) is 28.2 Å². The number of benzene rings is 1. The predicted molar refractivity (Wildman–Crippen MR) is 111 cm³/mol. The Labute approximate surface area is 166 Å². The number of carbonyl (C=O) groups is 1. The molecule has 2 aromatic heterocycles. The highest BCUT2D eigenvalue weighted by atomic mass is 16.2. The van der Waals surface area contributed by atoms with Crippen molar-refractivity contribution in [3.05, 3.63) is 64.7 Å². The molecule has 0 saturated carbocycles. The maximum atomic E-state index is 12.9. The van der Waals surface area contributed by atoms with Crippen LogP contribution in [0.3, 0.4) is 0 Å². The Morgan fingerprint density at radius 1 is 1.18 bits per heavy atom. The zero-order chi connectivity index (χ0) is 20.4. The summed E-state index contributed by atoms with van der Waals surface area (Å²) < 4.78 is 3.70. The van der Waals surface area contributed by atoms with Crippen LogP contribution in [0.2, 0.25) is 0 Å². The molecule has 0 spiro atoms. The molecule has 28 heavy (non-hydrogen) atoms. The van der Waals surface area contributed by atoms with E-state index in [9.17, 15) is 4.79 Å². The van der Waals surface area contributed by atoms with Gasteiger partial charge in [0.05, 0.1) is 23.6 Å². The van der Waals surface area contributed by atoms with Gasteiger partial charge in [0, 0.05) is 17.8 Å². The second-order valence-corrected chi connectivity index (χ2v) is 7.50. The molecule has 3 rings (SSSR count). The number of rotatable bonds is 6. The lowest BCUT2D eigenvalue weighted by Crippen LogP contribution is -2.29. The fourth-order valence-corrected chi connectivity index (χ4v) is 3.38. The maximum Gasteiger partial charge on any atom is 0.270 e. The third-order valence-electron chi connectivity index (χ3n) is 5.13. The molecule has 0 unspecified atom stereocenters. The monoisotopic (exact) mass is 379 g/mol. The number of aryl methyl sites for hydroxylation is 2. The number of aromatic nitrogens is 4. The lowest BCUT2D eigenvalue weighted by Gasteiger charge is -2.15. The number of amides is 1. The first-order valence-electron chi connectivity index (χ1n) is 9.82. The first kappa shape index (κ1) is 19.9. The van der Waals surface area contributed by atoms with Crippen molar-refractivity contribution < 1.29 is 4.79 Å². The SMILES string of the molecule is CCn1nc(C(C)C)cc1C(=O)N[C@H](C)c1cnn(-c2ccccc2C)c1C. The van der Waals surface area contributed by atoms with Gasteiger partial charge in [0.15, 0.2) is 0 Å². The molecule has 0 saturated heterocycles. The second-order valence-electron chi connectivity index (χ2n) is 7.50. The van der Waals surface area contributed by atoms with Gasteiger partial charge in [0.25, 0.3) is 5.91 Å². The number of para-hydroxylation sites is 1. The van der Waals surface area contributed by atoms with Gasteiger partial charge >= 0.3 is 0 Å². The molecule has 0 fully saturated rings. The van der Waals surface area contributed by atoms with Gasteiger partial charge in [-0.3, -0.25) is 9.48 Å². The lowest BCUT2D eigenvalue weighted by atomic mass is 10.1. The van der Waals surface area contributed by atoms with Crippen LogP contribution in [-0.2, 0) is 6.54 Å². The Balaban J connectivity index is 1.83. The lowest BCUT2D eigenvalue weighted by molar-refractivity contribution is 0.0929. The minimum atomic E-state index is -0.159. The number of carbonyl (C=O) groups excluding carboxylic acids is 1. The number of nitrogens with zero attached hydrogens (tertiary/aromatic N) is 4. The summed E-state index contributed by atoms with van der Waals surface area (Å²) in [5, 5.41) is 12.2. The van der Waals surface area contributed by atoms with Gasteiger partial charge in [0.1, 0.15) is 5.69 Å². The third kappa shape index (κ3) is 3.72. The number of nitrogens with one attached hydrogen (secondary N) is 1. The molecule has 3 aromatic rings. The highest BCUT2D eigenvalue weighted by molar-refractivity contribution is 5.93. The van der Waals surface area contributed by atoms with Gasteiger partial charge in [-0.1, -0.05) is 32.0 Å². The van der Waals surface area contributed by atoms with E-state index in [1.165, 1.54) is 0 Å². The van der Waals surface area contributed by atoms with Crippen molar-refractivity contribution in [3.63, 3.8) is 0 Å². The summed E-state index contributed by atoms with van der Waals surface area (Å²) in [6.45, 7) is 12.9. The smallest absolute Gasteiger partial charge is 0.270 e. The summed E-state index contributed by atoms with van der Waals surface area (Å²) in [5.74, 6) is 0.170. The molecule has 148 valence electrons. The Morgan fingerprint density at radius 2 is 1.89 bits per heavy atom. The van der Waals surface area contributed by atoms with Crippen LogP contribution in [-0.4, -0.2) is 25.5 Å². The Bertz CT molecular complexity index is 983. The largest absolute Gasteiger partial charge is 0.344 e. The summed E-state index contributed by atoms with van der Waals surface area (Å²) >= 11 is 0. The van der Waals surface area contributed by atoms with E-state index >= 15 is 0 Å². The average Bonchev–Trinajstić information content (AvgIpc) is 3.26. The van der Waals surface area contributed by atoms with E-state index in [4.69, 9.17) is 0 Å². The molecular formula is C22H29N5O. The van der Waals surface area contributed by atoms with E-state index in [1.807, 2.05) is 49.8 Å². The van der Waals surface area contributed by atoms with Gasteiger partial charge in [-0.25, -0.2) is 4.68 Å². The normalized spacial score (nSPS) is 12.4. The van der Waals surface area contributed by atoms with Crippen LogP contribution < -0.4 is 5.32 Å². The quantitative estimate of drug-likeness (QED) is 0.694. The molecule has 0 aliphatic heterocycles. The molecule has 6 nitrogen and oxygen atoms in total. The topological polar surface area (TPSA) is 64.7 Å². The van der Waals surface area contributed by atoms with Crippen molar-refractivity contribution in [2.45, 2.75) is 60.0 Å². The van der Waals surface area contributed by atoms with Crippen LogP contribution >= 0.6 is 0 Å². The molecule has 0 aliphatic rings. The van der Waals surface area contributed by atoms with Gasteiger partial charge in [-0.15, -0.1) is 0 Å². The summed E-state index contributed by atoms with van der Waals surface area (Å²) in [5.41, 5.74) is 5.77. The maximum absolute atomic E-state index is 12.9. The summed E-state index contributed by atoms with van der Waals surface area (Å²) in [4.78, 5) is 12.9. The molecule has 0 bridgehead atoms. The summed E-state index contributed by atoms with van der Waals surface area (Å²) in [7, 11) is 0. The average molecular weight is 380 g/mol. The van der Waals surface area contributed by atoms with Crippen LogP contribution in [0.4, 0.5) is 0 Å². The van der Waals surface area contributed by atoms with Gasteiger partial charge in [-0.05, 0) is 51.3 Å². The van der Waals surface area contributed by atoms with E-state index in [-0.39, 0.29) is 17.9 Å². The Hall–Kier alpha value is -2.89.